The second kappa shape index (κ2) is 5.22. The first-order chi connectivity index (χ1) is 9.02. The normalized spacial score (nSPS) is 17.5. The smallest absolute Gasteiger partial charge is 0.262 e. The molecule has 2 rings (SSSR count). The van der Waals surface area contributed by atoms with Gasteiger partial charge in [-0.05, 0) is 18.6 Å². The zero-order valence-electron chi connectivity index (χ0n) is 11.0. The van der Waals surface area contributed by atoms with Gasteiger partial charge in [0.1, 0.15) is 0 Å². The Morgan fingerprint density at radius 2 is 1.47 bits per heavy atom. The molecule has 0 aliphatic carbocycles. The van der Waals surface area contributed by atoms with Gasteiger partial charge in [0.25, 0.3) is 5.91 Å². The summed E-state index contributed by atoms with van der Waals surface area (Å²) in [5, 5.41) is 0. The van der Waals surface area contributed by atoms with Gasteiger partial charge in [-0.15, -0.1) is 0 Å². The van der Waals surface area contributed by atoms with Crippen LogP contribution in [0.5, 0.6) is 0 Å². The van der Waals surface area contributed by atoms with Gasteiger partial charge in [-0.3, -0.25) is 19.3 Å². The van der Waals surface area contributed by atoms with E-state index in [1.807, 2.05) is 0 Å². The Hall–Kier alpha value is -2.17. The summed E-state index contributed by atoms with van der Waals surface area (Å²) in [6, 6.07) is 6.83. The lowest BCUT2D eigenvalue weighted by Gasteiger charge is -2.24. The van der Waals surface area contributed by atoms with E-state index in [9.17, 15) is 14.4 Å². The number of fused-ring (bicyclic) bond motifs is 1. The van der Waals surface area contributed by atoms with E-state index >= 15 is 0 Å². The van der Waals surface area contributed by atoms with Crippen molar-refractivity contribution in [3.63, 3.8) is 0 Å². The average molecular weight is 260 g/mol. The molecule has 5 nitrogen and oxygen atoms in total. The molecule has 0 aromatic heterocycles. The number of amides is 3. The van der Waals surface area contributed by atoms with Gasteiger partial charge in [0.15, 0.2) is 0 Å². The van der Waals surface area contributed by atoms with Crippen molar-refractivity contribution in [2.24, 2.45) is 0 Å². The molecule has 0 saturated heterocycles. The molecule has 0 fully saturated rings. The minimum absolute atomic E-state index is 0.0856. The van der Waals surface area contributed by atoms with Crippen molar-refractivity contribution in [2.75, 3.05) is 19.0 Å². The fourth-order valence-electron chi connectivity index (χ4n) is 2.10. The Labute approximate surface area is 111 Å². The van der Waals surface area contributed by atoms with E-state index in [4.69, 9.17) is 0 Å². The summed E-state index contributed by atoms with van der Waals surface area (Å²) < 4.78 is 0. The number of anilines is 1. The number of benzene rings is 1. The molecule has 1 heterocycles. The highest BCUT2D eigenvalue weighted by Gasteiger charge is 2.25. The Kier molecular flexibility index (Phi) is 3.64. The maximum Gasteiger partial charge on any atom is 0.262 e. The van der Waals surface area contributed by atoms with E-state index in [0.29, 0.717) is 24.1 Å². The Morgan fingerprint density at radius 3 is 2.16 bits per heavy atom. The molecule has 19 heavy (non-hydrogen) atoms. The highest BCUT2D eigenvalue weighted by molar-refractivity contribution is 6.10. The van der Waals surface area contributed by atoms with E-state index in [1.165, 1.54) is 11.9 Å². The van der Waals surface area contributed by atoms with E-state index < -0.39 is 0 Å². The van der Waals surface area contributed by atoms with Crippen molar-refractivity contribution in [3.05, 3.63) is 29.8 Å². The molecule has 0 unspecified atom stereocenters. The topological polar surface area (TPSA) is 57.7 Å². The summed E-state index contributed by atoms with van der Waals surface area (Å²) in [7, 11) is 3.13. The van der Waals surface area contributed by atoms with Crippen LogP contribution in [0, 0.1) is 0 Å². The van der Waals surface area contributed by atoms with Gasteiger partial charge in [-0.1, -0.05) is 12.1 Å². The molecule has 1 aromatic rings. The lowest BCUT2D eigenvalue weighted by atomic mass is 10.1. The maximum atomic E-state index is 12.3. The summed E-state index contributed by atoms with van der Waals surface area (Å²) >= 11 is 0. The third-order valence-corrected chi connectivity index (χ3v) is 3.33. The van der Waals surface area contributed by atoms with Gasteiger partial charge in [0.2, 0.25) is 11.8 Å². The molecule has 0 atom stereocenters. The van der Waals surface area contributed by atoms with Gasteiger partial charge in [0, 0.05) is 26.9 Å². The van der Waals surface area contributed by atoms with Crippen molar-refractivity contribution in [2.45, 2.75) is 19.3 Å². The van der Waals surface area contributed by atoms with Crippen LogP contribution in [-0.4, -0.2) is 36.7 Å². The van der Waals surface area contributed by atoms with Crippen molar-refractivity contribution in [1.82, 2.24) is 4.90 Å². The molecule has 3 amide bonds. The van der Waals surface area contributed by atoms with Gasteiger partial charge >= 0.3 is 0 Å². The number of carbonyl (C=O) groups is 3. The summed E-state index contributed by atoms with van der Waals surface area (Å²) in [5.41, 5.74) is 0.912. The lowest BCUT2D eigenvalue weighted by molar-refractivity contribution is -0.127. The zero-order chi connectivity index (χ0) is 14.0. The molecule has 5 heteroatoms. The van der Waals surface area contributed by atoms with Crippen LogP contribution in [0.25, 0.3) is 0 Å². The maximum absolute atomic E-state index is 12.3. The number of nitrogens with zero attached hydrogens (tertiary/aromatic N) is 2. The predicted octanol–water partition coefficient (Wildman–Crippen LogP) is 1.43. The molecular weight excluding hydrogens is 244 g/mol. The van der Waals surface area contributed by atoms with Crippen LogP contribution in [0.1, 0.15) is 29.6 Å². The highest BCUT2D eigenvalue weighted by Crippen LogP contribution is 2.23. The molecular formula is C14H16N2O3. The molecule has 0 saturated carbocycles. The molecule has 1 aliphatic rings. The summed E-state index contributed by atoms with van der Waals surface area (Å²) in [5.74, 6) is -0.711. The quantitative estimate of drug-likeness (QED) is 0.663. The SMILES string of the molecule is CN1C(=O)CCCC(=O)N(C)c2ccccc2C1=O. The molecule has 0 spiro atoms. The Balaban J connectivity index is 2.51. The fraction of sp³-hybridized carbons (Fsp3) is 0.357. The summed E-state index contributed by atoms with van der Waals surface area (Å²) in [4.78, 5) is 38.7. The van der Waals surface area contributed by atoms with Crippen LogP contribution < -0.4 is 4.90 Å². The van der Waals surface area contributed by atoms with Crippen LogP contribution in [0.3, 0.4) is 0 Å². The molecule has 1 aliphatic heterocycles. The van der Waals surface area contributed by atoms with Crippen molar-refractivity contribution in [1.29, 1.82) is 0 Å². The third kappa shape index (κ3) is 2.50. The number of hydrogen-bond donors (Lipinski definition) is 0. The molecule has 0 N–H and O–H groups in total. The van der Waals surface area contributed by atoms with E-state index in [1.54, 1.807) is 31.3 Å². The van der Waals surface area contributed by atoms with Crippen LogP contribution in [-0.2, 0) is 9.59 Å². The highest BCUT2D eigenvalue weighted by atomic mass is 16.2. The lowest BCUT2D eigenvalue weighted by Crippen LogP contribution is -2.36. The third-order valence-electron chi connectivity index (χ3n) is 3.33. The Morgan fingerprint density at radius 1 is 0.895 bits per heavy atom. The largest absolute Gasteiger partial charge is 0.315 e. The van der Waals surface area contributed by atoms with Gasteiger partial charge in [-0.2, -0.15) is 0 Å². The number of hydrogen-bond acceptors (Lipinski definition) is 3. The second-order valence-electron chi connectivity index (χ2n) is 4.58. The van der Waals surface area contributed by atoms with Crippen molar-refractivity contribution >= 4 is 23.4 Å². The number of carbonyl (C=O) groups excluding carboxylic acids is 3. The van der Waals surface area contributed by atoms with E-state index in [-0.39, 0.29) is 24.1 Å². The van der Waals surface area contributed by atoms with Crippen molar-refractivity contribution < 1.29 is 14.4 Å². The minimum Gasteiger partial charge on any atom is -0.315 e. The van der Waals surface area contributed by atoms with Crippen LogP contribution >= 0.6 is 0 Å². The molecule has 100 valence electrons. The van der Waals surface area contributed by atoms with Gasteiger partial charge in [-0.25, -0.2) is 0 Å². The predicted molar refractivity (Wildman–Crippen MR) is 70.8 cm³/mol. The molecule has 1 aromatic carbocycles. The first kappa shape index (κ1) is 13.3. The molecule has 0 radical (unpaired) electrons. The first-order valence-corrected chi connectivity index (χ1v) is 6.19. The minimum atomic E-state index is -0.373. The van der Waals surface area contributed by atoms with Gasteiger partial charge < -0.3 is 4.90 Å². The summed E-state index contributed by atoms with van der Waals surface area (Å²) in [6.45, 7) is 0. The standard InChI is InChI=1S/C14H16N2O3/c1-15-11-7-4-3-6-10(11)14(19)16(2)13(18)9-5-8-12(15)17/h3-4,6-7H,5,8-9H2,1-2H3. The van der Waals surface area contributed by atoms with Crippen LogP contribution in [0.2, 0.25) is 0 Å². The zero-order valence-corrected chi connectivity index (χ0v) is 11.0. The number of rotatable bonds is 0. The molecule has 0 bridgehead atoms. The Bertz CT molecular complexity index is 539. The van der Waals surface area contributed by atoms with Gasteiger partial charge in [0.05, 0.1) is 11.3 Å². The number of para-hydroxylation sites is 1. The van der Waals surface area contributed by atoms with Crippen LogP contribution in [0.4, 0.5) is 5.69 Å². The van der Waals surface area contributed by atoms with E-state index in [0.717, 1.165) is 4.90 Å². The fourth-order valence-corrected chi connectivity index (χ4v) is 2.10. The van der Waals surface area contributed by atoms with Crippen LogP contribution in [0.15, 0.2) is 24.3 Å². The van der Waals surface area contributed by atoms with Crippen molar-refractivity contribution in [3.8, 4) is 0 Å². The number of imide groups is 1. The monoisotopic (exact) mass is 260 g/mol. The first-order valence-electron chi connectivity index (χ1n) is 6.19. The van der Waals surface area contributed by atoms with E-state index in [2.05, 4.69) is 0 Å². The summed E-state index contributed by atoms with van der Waals surface area (Å²) in [6.07, 6.45) is 0.977. The average Bonchev–Trinajstić information content (AvgIpc) is 2.43. The second-order valence-corrected chi connectivity index (χ2v) is 4.58.